The second-order valence-electron chi connectivity index (χ2n) is 3.08. The van der Waals surface area contributed by atoms with Crippen LogP contribution in [0.25, 0.3) is 10.8 Å². The van der Waals surface area contributed by atoms with Gasteiger partial charge in [0.2, 0.25) is 0 Å². The van der Waals surface area contributed by atoms with Gasteiger partial charge in [0.05, 0.1) is 23.0 Å². The van der Waals surface area contributed by atoms with E-state index in [1.807, 2.05) is 24.3 Å². The van der Waals surface area contributed by atoms with Gasteiger partial charge < -0.3 is 11.5 Å². The summed E-state index contributed by atoms with van der Waals surface area (Å²) in [5.74, 6) is 0. The molecule has 68 valence electrons. The van der Waals surface area contributed by atoms with Crippen LogP contribution in [0.3, 0.4) is 0 Å². The van der Waals surface area contributed by atoms with Crippen molar-refractivity contribution in [1.82, 2.24) is 0 Å². The van der Waals surface area contributed by atoms with Gasteiger partial charge in [-0.1, -0.05) is 24.3 Å². The van der Waals surface area contributed by atoms with Crippen LogP contribution in [0.1, 0.15) is 5.56 Å². The number of anilines is 2. The lowest BCUT2D eigenvalue weighted by Gasteiger charge is -2.06. The first kappa shape index (κ1) is 8.39. The van der Waals surface area contributed by atoms with Crippen molar-refractivity contribution in [1.29, 1.82) is 5.26 Å². The molecule has 0 bridgehead atoms. The Bertz CT molecular complexity index is 538. The fraction of sp³-hybridized carbons (Fsp3) is 0. The van der Waals surface area contributed by atoms with E-state index < -0.39 is 0 Å². The van der Waals surface area contributed by atoms with E-state index in [0.29, 0.717) is 16.9 Å². The molecule has 0 radical (unpaired) electrons. The van der Waals surface area contributed by atoms with Gasteiger partial charge in [0.25, 0.3) is 0 Å². The molecular weight excluding hydrogens is 174 g/mol. The fourth-order valence-corrected chi connectivity index (χ4v) is 1.51. The van der Waals surface area contributed by atoms with Crippen LogP contribution in [0.2, 0.25) is 0 Å². The highest BCUT2D eigenvalue weighted by Crippen LogP contribution is 2.29. The Morgan fingerprint density at radius 1 is 1.07 bits per heavy atom. The third-order valence-electron chi connectivity index (χ3n) is 2.24. The van der Waals surface area contributed by atoms with Gasteiger partial charge in [-0.2, -0.15) is 5.26 Å². The lowest BCUT2D eigenvalue weighted by molar-refractivity contribution is 1.50. The highest BCUT2D eigenvalue weighted by Gasteiger charge is 2.06. The van der Waals surface area contributed by atoms with E-state index in [1.165, 1.54) is 0 Å². The molecule has 14 heavy (non-hydrogen) atoms. The number of hydrogen-bond donors (Lipinski definition) is 2. The summed E-state index contributed by atoms with van der Waals surface area (Å²) in [6.45, 7) is 0. The Morgan fingerprint density at radius 2 is 1.71 bits per heavy atom. The monoisotopic (exact) mass is 183 g/mol. The molecule has 0 spiro atoms. The molecule has 0 aromatic heterocycles. The van der Waals surface area contributed by atoms with Crippen molar-refractivity contribution < 1.29 is 0 Å². The fourth-order valence-electron chi connectivity index (χ4n) is 1.51. The van der Waals surface area contributed by atoms with Crippen LogP contribution in [-0.2, 0) is 0 Å². The van der Waals surface area contributed by atoms with Gasteiger partial charge in [-0.15, -0.1) is 0 Å². The lowest BCUT2D eigenvalue weighted by atomic mass is 10.0. The van der Waals surface area contributed by atoms with Crippen LogP contribution >= 0.6 is 0 Å². The summed E-state index contributed by atoms with van der Waals surface area (Å²) in [5, 5.41) is 10.6. The number of rotatable bonds is 0. The molecule has 0 fully saturated rings. The highest BCUT2D eigenvalue weighted by atomic mass is 14.7. The Hall–Kier alpha value is -2.21. The summed E-state index contributed by atoms with van der Waals surface area (Å²) in [4.78, 5) is 0. The van der Waals surface area contributed by atoms with Crippen LogP contribution in [0.15, 0.2) is 30.3 Å². The van der Waals surface area contributed by atoms with Crippen LogP contribution < -0.4 is 11.5 Å². The lowest BCUT2D eigenvalue weighted by Crippen LogP contribution is -1.97. The molecule has 0 amide bonds. The van der Waals surface area contributed by atoms with Gasteiger partial charge in [0.1, 0.15) is 0 Å². The van der Waals surface area contributed by atoms with E-state index in [2.05, 4.69) is 6.07 Å². The third-order valence-corrected chi connectivity index (χ3v) is 2.24. The van der Waals surface area contributed by atoms with Crippen molar-refractivity contribution in [2.24, 2.45) is 0 Å². The van der Waals surface area contributed by atoms with E-state index in [0.717, 1.165) is 10.8 Å². The van der Waals surface area contributed by atoms with Gasteiger partial charge >= 0.3 is 0 Å². The number of nitrogen functional groups attached to an aromatic ring is 2. The Labute approximate surface area is 81.6 Å². The Balaban J connectivity index is 2.99. The average Bonchev–Trinajstić information content (AvgIpc) is 2.23. The molecule has 0 unspecified atom stereocenters. The van der Waals surface area contributed by atoms with Gasteiger partial charge in [-0.05, 0) is 6.07 Å². The van der Waals surface area contributed by atoms with Crippen LogP contribution in [0.5, 0.6) is 0 Å². The minimum absolute atomic E-state index is 0.459. The summed E-state index contributed by atoms with van der Waals surface area (Å²) in [7, 11) is 0. The topological polar surface area (TPSA) is 75.8 Å². The largest absolute Gasteiger partial charge is 0.397 e. The molecule has 2 rings (SSSR count). The van der Waals surface area contributed by atoms with Gasteiger partial charge in [0.15, 0.2) is 0 Å². The molecule has 0 saturated carbocycles. The minimum atomic E-state index is 0.459. The number of hydrogen-bond acceptors (Lipinski definition) is 3. The predicted octanol–water partition coefficient (Wildman–Crippen LogP) is 1.88. The molecule has 0 heterocycles. The number of nitrogens with two attached hydrogens (primary N) is 2. The zero-order chi connectivity index (χ0) is 10.1. The van der Waals surface area contributed by atoms with Gasteiger partial charge in [0, 0.05) is 10.8 Å². The molecule has 3 nitrogen and oxygen atoms in total. The maximum absolute atomic E-state index is 8.90. The molecule has 0 aliphatic heterocycles. The van der Waals surface area contributed by atoms with E-state index in [9.17, 15) is 0 Å². The normalized spacial score (nSPS) is 9.93. The predicted molar refractivity (Wildman–Crippen MR) is 57.5 cm³/mol. The Morgan fingerprint density at radius 3 is 2.36 bits per heavy atom. The highest BCUT2D eigenvalue weighted by molar-refractivity contribution is 6.01. The molecule has 3 heteroatoms. The molecule has 2 aromatic rings. The van der Waals surface area contributed by atoms with Crippen LogP contribution in [0, 0.1) is 11.3 Å². The first-order valence-corrected chi connectivity index (χ1v) is 4.21. The zero-order valence-electron chi connectivity index (χ0n) is 7.49. The summed E-state index contributed by atoms with van der Waals surface area (Å²) >= 11 is 0. The van der Waals surface area contributed by atoms with Crippen molar-refractivity contribution in [3.05, 3.63) is 35.9 Å². The number of fused-ring (bicyclic) bond motifs is 1. The second kappa shape index (κ2) is 2.93. The van der Waals surface area contributed by atoms with Crippen molar-refractivity contribution in [2.45, 2.75) is 0 Å². The van der Waals surface area contributed by atoms with Crippen LogP contribution in [-0.4, -0.2) is 0 Å². The van der Waals surface area contributed by atoms with E-state index in [1.54, 1.807) is 6.07 Å². The molecule has 0 saturated heterocycles. The minimum Gasteiger partial charge on any atom is -0.397 e. The maximum Gasteiger partial charge on any atom is 0.0998 e. The molecule has 4 N–H and O–H groups in total. The number of benzene rings is 2. The zero-order valence-corrected chi connectivity index (χ0v) is 7.49. The quantitative estimate of drug-likeness (QED) is 0.612. The van der Waals surface area contributed by atoms with Crippen molar-refractivity contribution >= 4 is 22.1 Å². The maximum atomic E-state index is 8.90. The molecule has 0 atom stereocenters. The molecule has 0 aliphatic rings. The standard InChI is InChI=1S/C11H9N3/c12-6-7-5-10(13)11(14)9-4-2-1-3-8(7)9/h1-5H,13-14H2. The third kappa shape index (κ3) is 1.05. The van der Waals surface area contributed by atoms with Crippen molar-refractivity contribution in [3.8, 4) is 6.07 Å². The van der Waals surface area contributed by atoms with Crippen molar-refractivity contribution in [3.63, 3.8) is 0 Å². The summed E-state index contributed by atoms with van der Waals surface area (Å²) in [6.07, 6.45) is 0. The second-order valence-corrected chi connectivity index (χ2v) is 3.08. The first-order valence-electron chi connectivity index (χ1n) is 4.21. The van der Waals surface area contributed by atoms with Crippen molar-refractivity contribution in [2.75, 3.05) is 11.5 Å². The van der Waals surface area contributed by atoms with E-state index in [-0.39, 0.29) is 0 Å². The molecule has 0 aliphatic carbocycles. The van der Waals surface area contributed by atoms with Gasteiger partial charge in [-0.25, -0.2) is 0 Å². The molecule has 2 aromatic carbocycles. The first-order chi connectivity index (χ1) is 6.74. The summed E-state index contributed by atoms with van der Waals surface area (Å²) in [6, 6.07) is 11.2. The summed E-state index contributed by atoms with van der Waals surface area (Å²) < 4.78 is 0. The number of nitriles is 1. The Kier molecular flexibility index (Phi) is 1.76. The van der Waals surface area contributed by atoms with Crippen LogP contribution in [0.4, 0.5) is 11.4 Å². The average molecular weight is 183 g/mol. The van der Waals surface area contributed by atoms with E-state index >= 15 is 0 Å². The van der Waals surface area contributed by atoms with Gasteiger partial charge in [-0.3, -0.25) is 0 Å². The summed E-state index contributed by atoms with van der Waals surface area (Å²) in [5.41, 5.74) is 13.1. The number of nitrogens with zero attached hydrogens (tertiary/aromatic N) is 1. The molecular formula is C11H9N3. The smallest absolute Gasteiger partial charge is 0.0998 e. The SMILES string of the molecule is N#Cc1cc(N)c(N)c2ccccc12. The van der Waals surface area contributed by atoms with E-state index in [4.69, 9.17) is 16.7 Å².